The summed E-state index contributed by atoms with van der Waals surface area (Å²) in [6, 6.07) is 1.59. The third kappa shape index (κ3) is 3.79. The predicted octanol–water partition coefficient (Wildman–Crippen LogP) is 1.91. The average molecular weight is 401 g/mol. The van der Waals surface area contributed by atoms with Crippen molar-refractivity contribution in [3.8, 4) is 0 Å². The summed E-state index contributed by atoms with van der Waals surface area (Å²) in [5.41, 5.74) is 0.248. The molecule has 1 aliphatic rings. The third-order valence-electron chi connectivity index (χ3n) is 3.85. The van der Waals surface area contributed by atoms with Crippen LogP contribution in [0.3, 0.4) is 0 Å². The fourth-order valence-corrected chi connectivity index (χ4v) is 2.70. The van der Waals surface area contributed by atoms with E-state index >= 15 is 0 Å². The topological polar surface area (TPSA) is 87.8 Å². The first kappa shape index (κ1) is 21.0. The van der Waals surface area contributed by atoms with E-state index in [1.807, 2.05) is 0 Å². The molecule has 2 aromatic heterocycles. The standard InChI is InChI=1S/C13H11F3N4O3.2ClH/c14-13(15,16)9-6-19(5-8(9)12(22)23)11(21)7-4-18-20-3-1-2-17-10(7)20;;/h1-4,8-9H,5-6H2,(H,22,23);2*1H/t8-,9-;;/m1../s1. The van der Waals surface area contributed by atoms with E-state index in [1.165, 1.54) is 16.9 Å². The number of carbonyl (C=O) groups is 2. The Kier molecular flexibility index (Phi) is 6.24. The van der Waals surface area contributed by atoms with E-state index in [9.17, 15) is 22.8 Å². The van der Waals surface area contributed by atoms with E-state index in [1.54, 1.807) is 12.3 Å². The molecule has 12 heteroatoms. The summed E-state index contributed by atoms with van der Waals surface area (Å²) in [4.78, 5) is 28.4. The van der Waals surface area contributed by atoms with Crippen LogP contribution in [-0.2, 0) is 4.79 Å². The Morgan fingerprint density at radius 2 is 1.92 bits per heavy atom. The average Bonchev–Trinajstić information content (AvgIpc) is 3.10. The highest BCUT2D eigenvalue weighted by Gasteiger charge is 2.53. The van der Waals surface area contributed by atoms with Gasteiger partial charge in [0, 0.05) is 25.5 Å². The van der Waals surface area contributed by atoms with Crippen LogP contribution in [0.25, 0.3) is 5.65 Å². The van der Waals surface area contributed by atoms with Crippen molar-refractivity contribution in [1.29, 1.82) is 0 Å². The molecule has 2 atom stereocenters. The number of aromatic nitrogens is 3. The molecule has 0 bridgehead atoms. The van der Waals surface area contributed by atoms with Gasteiger partial charge in [0.25, 0.3) is 5.91 Å². The van der Waals surface area contributed by atoms with Crippen molar-refractivity contribution < 1.29 is 27.9 Å². The number of hydrogen-bond donors (Lipinski definition) is 1. The van der Waals surface area contributed by atoms with Crippen LogP contribution in [0.4, 0.5) is 13.2 Å². The Labute approximate surface area is 151 Å². The molecule has 1 aliphatic heterocycles. The van der Waals surface area contributed by atoms with Crippen LogP contribution in [0.15, 0.2) is 24.7 Å². The van der Waals surface area contributed by atoms with E-state index in [0.29, 0.717) is 0 Å². The molecule has 0 spiro atoms. The smallest absolute Gasteiger partial charge is 0.394 e. The summed E-state index contributed by atoms with van der Waals surface area (Å²) in [5, 5.41) is 12.9. The van der Waals surface area contributed by atoms with Gasteiger partial charge >= 0.3 is 12.1 Å². The Bertz CT molecular complexity index is 783. The second kappa shape index (κ2) is 7.44. The zero-order chi connectivity index (χ0) is 16.8. The van der Waals surface area contributed by atoms with Gasteiger partial charge in [-0.05, 0) is 6.07 Å². The van der Waals surface area contributed by atoms with Gasteiger partial charge in [0.05, 0.1) is 18.0 Å². The minimum atomic E-state index is -4.68. The lowest BCUT2D eigenvalue weighted by molar-refractivity contribution is -0.187. The number of alkyl halides is 3. The fraction of sp³-hybridized carbons (Fsp3) is 0.385. The fourth-order valence-electron chi connectivity index (χ4n) is 2.70. The number of amides is 1. The zero-order valence-corrected chi connectivity index (χ0v) is 14.0. The molecular formula is C13H13Cl2F3N4O3. The molecule has 3 rings (SSSR count). The first-order valence-electron chi connectivity index (χ1n) is 6.66. The van der Waals surface area contributed by atoms with Crippen LogP contribution >= 0.6 is 24.8 Å². The van der Waals surface area contributed by atoms with Gasteiger partial charge in [-0.1, -0.05) is 0 Å². The molecule has 2 aromatic rings. The van der Waals surface area contributed by atoms with Crippen molar-refractivity contribution in [2.45, 2.75) is 6.18 Å². The van der Waals surface area contributed by atoms with Crippen LogP contribution in [0, 0.1) is 11.8 Å². The molecule has 3 heterocycles. The van der Waals surface area contributed by atoms with Crippen LogP contribution in [-0.4, -0.2) is 55.7 Å². The number of carbonyl (C=O) groups excluding carboxylic acids is 1. The minimum Gasteiger partial charge on any atom is -0.481 e. The van der Waals surface area contributed by atoms with E-state index in [2.05, 4.69) is 10.1 Å². The van der Waals surface area contributed by atoms with Crippen LogP contribution < -0.4 is 0 Å². The molecule has 1 amide bonds. The Morgan fingerprint density at radius 3 is 2.48 bits per heavy atom. The number of hydrogen-bond acceptors (Lipinski definition) is 4. The Balaban J connectivity index is 0.00000156. The largest absolute Gasteiger partial charge is 0.481 e. The van der Waals surface area contributed by atoms with Crippen LogP contribution in [0.2, 0.25) is 0 Å². The number of rotatable bonds is 2. The molecule has 0 saturated carbocycles. The molecule has 138 valence electrons. The highest BCUT2D eigenvalue weighted by atomic mass is 35.5. The van der Waals surface area contributed by atoms with Gasteiger partial charge in [-0.2, -0.15) is 18.3 Å². The van der Waals surface area contributed by atoms with Gasteiger partial charge in [-0.25, -0.2) is 9.50 Å². The molecule has 7 nitrogen and oxygen atoms in total. The lowest BCUT2D eigenvalue weighted by Crippen LogP contribution is -2.34. The highest BCUT2D eigenvalue weighted by Crippen LogP contribution is 2.38. The normalized spacial score (nSPS) is 20.0. The van der Waals surface area contributed by atoms with Crippen molar-refractivity contribution in [2.75, 3.05) is 13.1 Å². The van der Waals surface area contributed by atoms with Crippen molar-refractivity contribution in [3.05, 3.63) is 30.2 Å². The van der Waals surface area contributed by atoms with E-state index in [0.717, 1.165) is 4.90 Å². The third-order valence-corrected chi connectivity index (χ3v) is 3.85. The first-order chi connectivity index (χ1) is 10.8. The minimum absolute atomic E-state index is 0. The molecule has 1 saturated heterocycles. The molecule has 1 fully saturated rings. The summed E-state index contributed by atoms with van der Waals surface area (Å²) in [6.45, 7) is -1.19. The van der Waals surface area contributed by atoms with Crippen molar-refractivity contribution >= 4 is 42.3 Å². The van der Waals surface area contributed by atoms with Crippen LogP contribution in [0.5, 0.6) is 0 Å². The number of carboxylic acid groups (broad SMARTS) is 1. The summed E-state index contributed by atoms with van der Waals surface area (Å²) in [7, 11) is 0. The van der Waals surface area contributed by atoms with Gasteiger partial charge in [0.1, 0.15) is 5.56 Å². The molecular weight excluding hydrogens is 388 g/mol. The molecule has 0 aliphatic carbocycles. The van der Waals surface area contributed by atoms with Gasteiger partial charge in [0.15, 0.2) is 5.65 Å². The maximum absolute atomic E-state index is 13.0. The quantitative estimate of drug-likeness (QED) is 0.831. The molecule has 25 heavy (non-hydrogen) atoms. The molecule has 0 aromatic carbocycles. The first-order valence-corrected chi connectivity index (χ1v) is 6.66. The SMILES string of the molecule is Cl.Cl.O=C(O)[C@@H]1CN(C(=O)c2cnn3cccnc23)C[C@H]1C(F)(F)F. The predicted molar refractivity (Wildman–Crippen MR) is 84.1 cm³/mol. The summed E-state index contributed by atoms with van der Waals surface area (Å²) >= 11 is 0. The van der Waals surface area contributed by atoms with Gasteiger partial charge in [0.2, 0.25) is 0 Å². The summed E-state index contributed by atoms with van der Waals surface area (Å²) in [5.74, 6) is -6.04. The van der Waals surface area contributed by atoms with Crippen molar-refractivity contribution in [3.63, 3.8) is 0 Å². The number of halogens is 5. The lowest BCUT2D eigenvalue weighted by atomic mass is 9.96. The maximum Gasteiger partial charge on any atom is 0.394 e. The zero-order valence-electron chi connectivity index (χ0n) is 12.4. The number of likely N-dealkylation sites (tertiary alicyclic amines) is 1. The second-order valence-electron chi connectivity index (χ2n) is 5.25. The maximum atomic E-state index is 13.0. The number of nitrogens with zero attached hydrogens (tertiary/aromatic N) is 4. The van der Waals surface area contributed by atoms with Gasteiger partial charge in [-0.15, -0.1) is 24.8 Å². The number of carboxylic acids is 1. The van der Waals surface area contributed by atoms with Gasteiger partial charge < -0.3 is 10.0 Å². The molecule has 1 N–H and O–H groups in total. The van der Waals surface area contributed by atoms with Gasteiger partial charge in [-0.3, -0.25) is 9.59 Å². The van der Waals surface area contributed by atoms with E-state index < -0.39 is 43.0 Å². The molecule has 0 radical (unpaired) electrons. The number of aliphatic carboxylic acids is 1. The Hall–Kier alpha value is -2.07. The number of fused-ring (bicyclic) bond motifs is 1. The van der Waals surface area contributed by atoms with E-state index in [-0.39, 0.29) is 36.0 Å². The van der Waals surface area contributed by atoms with Crippen molar-refractivity contribution in [2.24, 2.45) is 11.8 Å². The van der Waals surface area contributed by atoms with E-state index in [4.69, 9.17) is 5.11 Å². The summed E-state index contributed by atoms with van der Waals surface area (Å²) in [6.07, 6.45) is -0.503. The van der Waals surface area contributed by atoms with Crippen LogP contribution in [0.1, 0.15) is 10.4 Å². The van der Waals surface area contributed by atoms with Crippen molar-refractivity contribution in [1.82, 2.24) is 19.5 Å². The monoisotopic (exact) mass is 400 g/mol. The second-order valence-corrected chi connectivity index (χ2v) is 5.25. The highest BCUT2D eigenvalue weighted by molar-refractivity contribution is 6.00. The lowest BCUT2D eigenvalue weighted by Gasteiger charge is -2.18. The summed E-state index contributed by atoms with van der Waals surface area (Å²) < 4.78 is 40.2. The Morgan fingerprint density at radius 1 is 1.24 bits per heavy atom. The molecule has 0 unspecified atom stereocenters.